The summed E-state index contributed by atoms with van der Waals surface area (Å²) < 4.78 is 0. The lowest BCUT2D eigenvalue weighted by atomic mass is 10.2. The zero-order chi connectivity index (χ0) is 15.4. The van der Waals surface area contributed by atoms with Crippen molar-refractivity contribution in [2.24, 2.45) is 0 Å². The van der Waals surface area contributed by atoms with Gasteiger partial charge in [-0.1, -0.05) is 30.3 Å². The summed E-state index contributed by atoms with van der Waals surface area (Å²) in [5.41, 5.74) is 6.02. The van der Waals surface area contributed by atoms with Crippen LogP contribution in [-0.2, 0) is 0 Å². The number of nitrogens with one attached hydrogen (secondary N) is 3. The maximum atomic E-state index is 12.0. The summed E-state index contributed by atoms with van der Waals surface area (Å²) in [4.78, 5) is 31.1. The average molecular weight is 312 g/mol. The van der Waals surface area contributed by atoms with E-state index in [9.17, 15) is 9.59 Å². The number of nitrogens with zero attached hydrogens (tertiary/aromatic N) is 1. The molecule has 0 unspecified atom stereocenters. The molecular formula is C15H12N4O2S. The zero-order valence-corrected chi connectivity index (χ0v) is 12.2. The summed E-state index contributed by atoms with van der Waals surface area (Å²) >= 11 is 1.26. The lowest BCUT2D eigenvalue weighted by Gasteiger charge is -2.04. The first-order chi connectivity index (χ1) is 10.7. The van der Waals surface area contributed by atoms with Crippen molar-refractivity contribution in [1.82, 2.24) is 20.8 Å². The van der Waals surface area contributed by atoms with Crippen LogP contribution in [0.3, 0.4) is 0 Å². The van der Waals surface area contributed by atoms with E-state index < -0.39 is 11.8 Å². The molecule has 0 fully saturated rings. The maximum Gasteiger partial charge on any atom is 0.286 e. The second-order valence-corrected chi connectivity index (χ2v) is 5.42. The van der Waals surface area contributed by atoms with Crippen LogP contribution >= 0.6 is 11.3 Å². The third kappa shape index (κ3) is 3.04. The SMILES string of the molecule is O=C(NNC(=O)c1cnc(-c2ccccc2)s1)c1ccc[nH]1. The molecule has 3 N–H and O–H groups in total. The van der Waals surface area contributed by atoms with Crippen LogP contribution in [0, 0.1) is 0 Å². The number of thiazole rings is 1. The number of hydrogen-bond acceptors (Lipinski definition) is 4. The number of aromatic amines is 1. The quantitative estimate of drug-likeness (QED) is 0.648. The fraction of sp³-hybridized carbons (Fsp3) is 0. The van der Waals surface area contributed by atoms with Gasteiger partial charge in [0.15, 0.2) is 0 Å². The molecule has 0 spiro atoms. The Bertz CT molecular complexity index is 781. The van der Waals surface area contributed by atoms with E-state index in [0.29, 0.717) is 10.6 Å². The van der Waals surface area contributed by atoms with E-state index in [1.807, 2.05) is 30.3 Å². The molecule has 2 amide bonds. The molecule has 0 aliphatic heterocycles. The van der Waals surface area contributed by atoms with E-state index >= 15 is 0 Å². The van der Waals surface area contributed by atoms with Gasteiger partial charge in [0.25, 0.3) is 11.8 Å². The Labute approximate surface area is 130 Å². The number of H-pyrrole nitrogens is 1. The average Bonchev–Trinajstić information content (AvgIpc) is 3.24. The predicted octanol–water partition coefficient (Wildman–Crippen LogP) is 2.21. The summed E-state index contributed by atoms with van der Waals surface area (Å²) in [7, 11) is 0. The number of hydrazine groups is 1. The molecule has 6 nitrogen and oxygen atoms in total. The third-order valence-electron chi connectivity index (χ3n) is 2.88. The molecule has 3 aromatic rings. The Morgan fingerprint density at radius 1 is 1.00 bits per heavy atom. The van der Waals surface area contributed by atoms with Gasteiger partial charge in [-0.25, -0.2) is 4.98 Å². The Morgan fingerprint density at radius 3 is 2.50 bits per heavy atom. The van der Waals surface area contributed by atoms with E-state index in [0.717, 1.165) is 10.6 Å². The summed E-state index contributed by atoms with van der Waals surface area (Å²) in [6.45, 7) is 0. The van der Waals surface area contributed by atoms with Crippen LogP contribution in [0.4, 0.5) is 0 Å². The van der Waals surface area contributed by atoms with Crippen LogP contribution in [0.5, 0.6) is 0 Å². The first-order valence-electron chi connectivity index (χ1n) is 6.49. The highest BCUT2D eigenvalue weighted by Gasteiger charge is 2.13. The minimum absolute atomic E-state index is 0.370. The minimum Gasteiger partial charge on any atom is -0.357 e. The molecule has 1 aromatic carbocycles. The van der Waals surface area contributed by atoms with Crippen molar-refractivity contribution in [2.45, 2.75) is 0 Å². The van der Waals surface area contributed by atoms with E-state index in [1.54, 1.807) is 18.3 Å². The van der Waals surface area contributed by atoms with Crippen molar-refractivity contribution in [3.8, 4) is 10.6 Å². The maximum absolute atomic E-state index is 12.0. The fourth-order valence-corrected chi connectivity index (χ4v) is 2.62. The van der Waals surface area contributed by atoms with Gasteiger partial charge in [0.1, 0.15) is 15.6 Å². The molecule has 0 bridgehead atoms. The standard InChI is InChI=1S/C15H12N4O2S/c20-13(11-7-4-8-16-11)18-19-14(21)12-9-17-15(22-12)10-5-2-1-3-6-10/h1-9,16H,(H,18,20)(H,19,21). The van der Waals surface area contributed by atoms with Gasteiger partial charge in [-0.3, -0.25) is 20.4 Å². The van der Waals surface area contributed by atoms with Gasteiger partial charge in [0.05, 0.1) is 6.20 Å². The molecule has 0 saturated heterocycles. The van der Waals surface area contributed by atoms with Crippen molar-refractivity contribution in [1.29, 1.82) is 0 Å². The smallest absolute Gasteiger partial charge is 0.286 e. The van der Waals surface area contributed by atoms with E-state index in [4.69, 9.17) is 0 Å². The van der Waals surface area contributed by atoms with Gasteiger partial charge in [-0.05, 0) is 12.1 Å². The summed E-state index contributed by atoms with van der Waals surface area (Å²) in [5.74, 6) is -0.814. The van der Waals surface area contributed by atoms with Crippen molar-refractivity contribution >= 4 is 23.2 Å². The number of amides is 2. The molecule has 2 heterocycles. The zero-order valence-electron chi connectivity index (χ0n) is 11.4. The van der Waals surface area contributed by atoms with E-state index in [1.165, 1.54) is 17.5 Å². The molecule has 0 aliphatic rings. The molecule has 7 heteroatoms. The van der Waals surface area contributed by atoms with Gasteiger partial charge in [-0.2, -0.15) is 0 Å². The first-order valence-corrected chi connectivity index (χ1v) is 7.31. The lowest BCUT2D eigenvalue weighted by molar-refractivity contribution is 0.0846. The molecule has 0 aliphatic carbocycles. The highest BCUT2D eigenvalue weighted by Crippen LogP contribution is 2.24. The Kier molecular flexibility index (Phi) is 3.97. The second kappa shape index (κ2) is 6.23. The third-order valence-corrected chi connectivity index (χ3v) is 3.93. The van der Waals surface area contributed by atoms with Gasteiger partial charge >= 0.3 is 0 Å². The van der Waals surface area contributed by atoms with Crippen LogP contribution in [-0.4, -0.2) is 21.8 Å². The van der Waals surface area contributed by atoms with Crippen LogP contribution in [0.2, 0.25) is 0 Å². The van der Waals surface area contributed by atoms with Crippen molar-refractivity contribution in [3.05, 3.63) is 65.4 Å². The Balaban J connectivity index is 1.64. The van der Waals surface area contributed by atoms with Gasteiger partial charge in [0.2, 0.25) is 0 Å². The largest absolute Gasteiger partial charge is 0.357 e. The molecule has 110 valence electrons. The molecule has 0 saturated carbocycles. The lowest BCUT2D eigenvalue weighted by Crippen LogP contribution is -2.41. The number of carbonyl (C=O) groups is 2. The highest BCUT2D eigenvalue weighted by atomic mass is 32.1. The number of aromatic nitrogens is 2. The van der Waals surface area contributed by atoms with Crippen LogP contribution in [0.1, 0.15) is 20.2 Å². The molecule has 22 heavy (non-hydrogen) atoms. The van der Waals surface area contributed by atoms with Crippen LogP contribution in [0.25, 0.3) is 10.6 Å². The second-order valence-electron chi connectivity index (χ2n) is 4.39. The van der Waals surface area contributed by atoms with Crippen LogP contribution in [0.15, 0.2) is 54.9 Å². The summed E-state index contributed by atoms with van der Waals surface area (Å²) in [5, 5.41) is 0.751. The topological polar surface area (TPSA) is 86.9 Å². The molecule has 2 aromatic heterocycles. The number of hydrogen-bond donors (Lipinski definition) is 3. The molecular weight excluding hydrogens is 300 g/mol. The van der Waals surface area contributed by atoms with Crippen molar-refractivity contribution in [2.75, 3.05) is 0 Å². The molecule has 0 atom stereocenters. The normalized spacial score (nSPS) is 10.2. The summed E-state index contributed by atoms with van der Waals surface area (Å²) in [6, 6.07) is 12.9. The van der Waals surface area contributed by atoms with Gasteiger partial charge in [0, 0.05) is 11.8 Å². The summed E-state index contributed by atoms with van der Waals surface area (Å²) in [6.07, 6.45) is 3.12. The van der Waals surface area contributed by atoms with Gasteiger partial charge < -0.3 is 4.98 Å². The van der Waals surface area contributed by atoms with E-state index in [-0.39, 0.29) is 0 Å². The number of rotatable bonds is 3. The van der Waals surface area contributed by atoms with Crippen molar-refractivity contribution < 1.29 is 9.59 Å². The first kappa shape index (κ1) is 14.0. The number of carbonyl (C=O) groups excluding carboxylic acids is 2. The predicted molar refractivity (Wildman–Crippen MR) is 83.3 cm³/mol. The molecule has 0 radical (unpaired) electrons. The fourth-order valence-electron chi connectivity index (χ4n) is 1.81. The Morgan fingerprint density at radius 2 is 1.77 bits per heavy atom. The highest BCUT2D eigenvalue weighted by molar-refractivity contribution is 7.16. The monoisotopic (exact) mass is 312 g/mol. The Hall–Kier alpha value is -2.93. The van der Waals surface area contributed by atoms with Crippen LogP contribution < -0.4 is 10.9 Å². The van der Waals surface area contributed by atoms with Crippen molar-refractivity contribution in [3.63, 3.8) is 0 Å². The number of benzene rings is 1. The van der Waals surface area contributed by atoms with Gasteiger partial charge in [-0.15, -0.1) is 11.3 Å². The van der Waals surface area contributed by atoms with E-state index in [2.05, 4.69) is 20.8 Å². The minimum atomic E-state index is -0.411. The molecule has 3 rings (SSSR count).